The summed E-state index contributed by atoms with van der Waals surface area (Å²) in [6.45, 7) is -0.152. The van der Waals surface area contributed by atoms with Gasteiger partial charge in [0.15, 0.2) is 0 Å². The smallest absolute Gasteiger partial charge is 0.325 e. The van der Waals surface area contributed by atoms with Crippen LogP contribution in [0.1, 0.15) is 60.5 Å². The number of rotatable bonds is 5. The van der Waals surface area contributed by atoms with Gasteiger partial charge in [-0.25, -0.2) is 0 Å². The maximum absolute atomic E-state index is 12.7. The van der Waals surface area contributed by atoms with Crippen molar-refractivity contribution in [2.45, 2.75) is 56.7 Å². The van der Waals surface area contributed by atoms with Crippen LogP contribution < -0.4 is 5.32 Å². The van der Waals surface area contributed by atoms with Crippen LogP contribution in [0.2, 0.25) is 0 Å². The molecule has 4 rings (SSSR count). The number of ether oxygens (including phenoxy) is 1. The van der Waals surface area contributed by atoms with Crippen molar-refractivity contribution in [1.82, 2.24) is 10.2 Å². The standard InChI is InChI=1S/C19H22N2O4/c22-16(25-13-5-1-2-6-13)11-20-18(23)17-14-7-3-4-8-15(14)19(24)21(17)12-9-10-12/h3-4,7-8,12-13,17H,1-2,5-6,9-11H2,(H,20,23)/t17-/m1/s1. The van der Waals surface area contributed by atoms with E-state index >= 15 is 0 Å². The summed E-state index contributed by atoms with van der Waals surface area (Å²) >= 11 is 0. The molecule has 0 bridgehead atoms. The Kier molecular flexibility index (Phi) is 4.19. The number of fused-ring (bicyclic) bond motifs is 1. The molecule has 0 unspecified atom stereocenters. The van der Waals surface area contributed by atoms with E-state index in [2.05, 4.69) is 5.32 Å². The summed E-state index contributed by atoms with van der Waals surface area (Å²) in [6, 6.07) is 6.69. The number of amides is 2. The van der Waals surface area contributed by atoms with Crippen molar-refractivity contribution in [3.05, 3.63) is 35.4 Å². The Morgan fingerprint density at radius 2 is 1.84 bits per heavy atom. The number of carbonyl (C=O) groups is 3. The predicted octanol–water partition coefficient (Wildman–Crippen LogP) is 1.95. The monoisotopic (exact) mass is 342 g/mol. The van der Waals surface area contributed by atoms with Gasteiger partial charge in [-0.2, -0.15) is 0 Å². The van der Waals surface area contributed by atoms with Gasteiger partial charge in [0.1, 0.15) is 18.7 Å². The van der Waals surface area contributed by atoms with Crippen LogP contribution >= 0.6 is 0 Å². The van der Waals surface area contributed by atoms with Crippen LogP contribution in [-0.4, -0.2) is 41.4 Å². The summed E-state index contributed by atoms with van der Waals surface area (Å²) in [6.07, 6.45) is 5.81. The topological polar surface area (TPSA) is 75.7 Å². The molecule has 1 atom stereocenters. The normalized spacial score (nSPS) is 22.8. The molecule has 1 aromatic carbocycles. The van der Waals surface area contributed by atoms with Crippen LogP contribution in [-0.2, 0) is 14.3 Å². The van der Waals surface area contributed by atoms with Gasteiger partial charge in [-0.1, -0.05) is 18.2 Å². The lowest BCUT2D eigenvalue weighted by molar-refractivity contribution is -0.149. The third kappa shape index (κ3) is 3.13. The predicted molar refractivity (Wildman–Crippen MR) is 89.7 cm³/mol. The Balaban J connectivity index is 1.43. The number of benzene rings is 1. The zero-order chi connectivity index (χ0) is 17.4. The van der Waals surface area contributed by atoms with Crippen molar-refractivity contribution < 1.29 is 19.1 Å². The molecular formula is C19H22N2O4. The molecule has 6 heteroatoms. The summed E-state index contributed by atoms with van der Waals surface area (Å²) in [4.78, 5) is 38.9. The van der Waals surface area contributed by atoms with Crippen molar-refractivity contribution in [3.63, 3.8) is 0 Å². The lowest BCUT2D eigenvalue weighted by Crippen LogP contribution is -2.42. The van der Waals surface area contributed by atoms with Crippen LogP contribution in [0.25, 0.3) is 0 Å². The summed E-state index contributed by atoms with van der Waals surface area (Å²) in [7, 11) is 0. The van der Waals surface area contributed by atoms with Gasteiger partial charge in [0.25, 0.3) is 5.91 Å². The van der Waals surface area contributed by atoms with E-state index in [1.165, 1.54) is 0 Å². The highest BCUT2D eigenvalue weighted by molar-refractivity contribution is 6.05. The van der Waals surface area contributed by atoms with E-state index in [1.54, 1.807) is 17.0 Å². The van der Waals surface area contributed by atoms with Crippen LogP contribution in [0.5, 0.6) is 0 Å². The van der Waals surface area contributed by atoms with E-state index in [0.717, 1.165) is 44.1 Å². The summed E-state index contributed by atoms with van der Waals surface area (Å²) < 4.78 is 5.37. The van der Waals surface area contributed by atoms with E-state index in [9.17, 15) is 14.4 Å². The van der Waals surface area contributed by atoms with Gasteiger partial charge < -0.3 is 15.0 Å². The average molecular weight is 342 g/mol. The highest BCUT2D eigenvalue weighted by atomic mass is 16.5. The van der Waals surface area contributed by atoms with Crippen LogP contribution in [0.15, 0.2) is 24.3 Å². The number of nitrogens with zero attached hydrogens (tertiary/aromatic N) is 1. The SMILES string of the molecule is O=C(CNC(=O)[C@H]1c2ccccc2C(=O)N1C1CC1)OC1CCCC1. The largest absolute Gasteiger partial charge is 0.461 e. The molecular weight excluding hydrogens is 320 g/mol. The lowest BCUT2D eigenvalue weighted by Gasteiger charge is -2.24. The first-order valence-corrected chi connectivity index (χ1v) is 9.04. The van der Waals surface area contributed by atoms with E-state index < -0.39 is 12.0 Å². The molecule has 1 aromatic rings. The minimum Gasteiger partial charge on any atom is -0.461 e. The second-order valence-corrected chi connectivity index (χ2v) is 7.05. The molecule has 1 N–H and O–H groups in total. The van der Waals surface area contributed by atoms with Gasteiger partial charge in [0, 0.05) is 11.6 Å². The van der Waals surface area contributed by atoms with Crippen molar-refractivity contribution in [1.29, 1.82) is 0 Å². The number of hydrogen-bond donors (Lipinski definition) is 1. The molecule has 1 aliphatic heterocycles. The van der Waals surface area contributed by atoms with E-state index in [4.69, 9.17) is 4.74 Å². The maximum Gasteiger partial charge on any atom is 0.325 e. The minimum atomic E-state index is -0.643. The first-order chi connectivity index (χ1) is 12.1. The number of esters is 1. The third-order valence-electron chi connectivity index (χ3n) is 5.19. The summed E-state index contributed by atoms with van der Waals surface area (Å²) in [5, 5.41) is 2.67. The molecule has 25 heavy (non-hydrogen) atoms. The fraction of sp³-hybridized carbons (Fsp3) is 0.526. The van der Waals surface area contributed by atoms with Gasteiger partial charge in [0.05, 0.1) is 0 Å². The molecule has 0 saturated heterocycles. The molecule has 0 spiro atoms. The lowest BCUT2D eigenvalue weighted by atomic mass is 10.0. The molecule has 132 valence electrons. The molecule has 2 saturated carbocycles. The van der Waals surface area contributed by atoms with Crippen LogP contribution in [0.4, 0.5) is 0 Å². The third-order valence-corrected chi connectivity index (χ3v) is 5.19. The van der Waals surface area contributed by atoms with Gasteiger partial charge >= 0.3 is 5.97 Å². The second kappa shape index (κ2) is 6.50. The molecule has 3 aliphatic rings. The minimum absolute atomic E-state index is 0.0128. The van der Waals surface area contributed by atoms with Gasteiger partial charge in [-0.15, -0.1) is 0 Å². The van der Waals surface area contributed by atoms with E-state index in [0.29, 0.717) is 5.56 Å². The Morgan fingerprint density at radius 3 is 2.56 bits per heavy atom. The molecule has 0 radical (unpaired) electrons. The average Bonchev–Trinajstić information content (AvgIpc) is 3.24. The van der Waals surface area contributed by atoms with Crippen LogP contribution in [0, 0.1) is 0 Å². The van der Waals surface area contributed by atoms with Crippen LogP contribution in [0.3, 0.4) is 0 Å². The zero-order valence-electron chi connectivity index (χ0n) is 14.1. The van der Waals surface area contributed by atoms with E-state index in [-0.39, 0.29) is 30.5 Å². The van der Waals surface area contributed by atoms with Crippen molar-refractivity contribution in [2.75, 3.05) is 6.54 Å². The van der Waals surface area contributed by atoms with Gasteiger partial charge in [0.2, 0.25) is 5.91 Å². The molecule has 6 nitrogen and oxygen atoms in total. The molecule has 1 heterocycles. The highest BCUT2D eigenvalue weighted by Crippen LogP contribution is 2.41. The van der Waals surface area contributed by atoms with Gasteiger partial charge in [-0.3, -0.25) is 14.4 Å². The number of carbonyl (C=O) groups excluding carboxylic acids is 3. The fourth-order valence-corrected chi connectivity index (χ4v) is 3.82. The Labute approximate surface area is 146 Å². The van der Waals surface area contributed by atoms with Crippen molar-refractivity contribution >= 4 is 17.8 Å². The molecule has 2 amide bonds. The fourth-order valence-electron chi connectivity index (χ4n) is 3.82. The Morgan fingerprint density at radius 1 is 1.12 bits per heavy atom. The molecule has 2 fully saturated rings. The summed E-state index contributed by atoms with van der Waals surface area (Å²) in [5.74, 6) is -0.809. The Bertz CT molecular complexity index is 707. The number of hydrogen-bond acceptors (Lipinski definition) is 4. The molecule has 0 aromatic heterocycles. The summed E-state index contributed by atoms with van der Waals surface area (Å²) in [5.41, 5.74) is 1.31. The molecule has 2 aliphatic carbocycles. The second-order valence-electron chi connectivity index (χ2n) is 7.05. The van der Waals surface area contributed by atoms with Crippen molar-refractivity contribution in [3.8, 4) is 0 Å². The quantitative estimate of drug-likeness (QED) is 0.830. The van der Waals surface area contributed by atoms with Crippen molar-refractivity contribution in [2.24, 2.45) is 0 Å². The zero-order valence-corrected chi connectivity index (χ0v) is 14.1. The highest BCUT2D eigenvalue weighted by Gasteiger charge is 2.47. The first kappa shape index (κ1) is 16.1. The Hall–Kier alpha value is -2.37. The number of nitrogens with one attached hydrogen (secondary N) is 1. The van der Waals surface area contributed by atoms with Gasteiger partial charge in [-0.05, 0) is 50.2 Å². The maximum atomic E-state index is 12.7. The first-order valence-electron chi connectivity index (χ1n) is 9.04. The van der Waals surface area contributed by atoms with E-state index in [1.807, 2.05) is 12.1 Å².